The molecular weight excluding hydrogens is 432 g/mol. The molecule has 33 heavy (non-hydrogen) atoms. The fraction of sp³-hybridized carbons (Fsp3) is 0.783. The van der Waals surface area contributed by atoms with Gasteiger partial charge in [0, 0.05) is 19.3 Å². The topological polar surface area (TPSA) is 137 Å². The molecule has 10 nitrogen and oxygen atoms in total. The summed E-state index contributed by atoms with van der Waals surface area (Å²) in [7, 11) is 3.62. The normalized spacial score (nSPS) is 12.2. The molecular formula is C23H40N2O8. The zero-order chi connectivity index (χ0) is 25.1. The minimum Gasteiger partial charge on any atom is -0.469 e. The molecule has 190 valence electrons. The van der Waals surface area contributed by atoms with Crippen LogP contribution in [0.15, 0.2) is 0 Å². The Kier molecular flexibility index (Phi) is 17.4. The van der Waals surface area contributed by atoms with E-state index in [1.165, 1.54) is 40.6 Å². The van der Waals surface area contributed by atoms with Crippen LogP contribution in [-0.2, 0) is 38.2 Å². The lowest BCUT2D eigenvalue weighted by Gasteiger charge is -2.22. The smallest absolute Gasteiger partial charge is 0.328 e. The van der Waals surface area contributed by atoms with Crippen molar-refractivity contribution in [3.8, 4) is 0 Å². The van der Waals surface area contributed by atoms with Crippen molar-refractivity contribution >= 4 is 29.7 Å². The van der Waals surface area contributed by atoms with Crippen molar-refractivity contribution in [3.05, 3.63) is 0 Å². The molecule has 2 N–H and O–H groups in total. The van der Waals surface area contributed by atoms with Crippen LogP contribution in [0.3, 0.4) is 0 Å². The lowest BCUT2D eigenvalue weighted by molar-refractivity contribution is -0.147. The number of rotatable bonds is 18. The molecule has 0 bridgehead atoms. The number of amides is 2. The van der Waals surface area contributed by atoms with Crippen LogP contribution in [0.25, 0.3) is 0 Å². The van der Waals surface area contributed by atoms with Gasteiger partial charge in [0.25, 0.3) is 0 Å². The molecule has 10 heteroatoms. The number of carbonyl (C=O) groups is 5. The highest BCUT2D eigenvalue weighted by atomic mass is 16.5. The summed E-state index contributed by atoms with van der Waals surface area (Å²) in [6.07, 6.45) is 7.45. The van der Waals surface area contributed by atoms with E-state index in [-0.39, 0.29) is 38.0 Å². The second-order valence-electron chi connectivity index (χ2n) is 7.81. The van der Waals surface area contributed by atoms with E-state index in [0.717, 1.165) is 19.3 Å². The molecule has 0 spiro atoms. The number of methoxy groups -OCH3 is 3. The summed E-state index contributed by atoms with van der Waals surface area (Å²) in [5, 5.41) is 5.15. The summed E-state index contributed by atoms with van der Waals surface area (Å²) < 4.78 is 13.9. The summed E-state index contributed by atoms with van der Waals surface area (Å²) in [6, 6.07) is -2.13. The van der Waals surface area contributed by atoms with Gasteiger partial charge in [0.1, 0.15) is 12.1 Å². The highest BCUT2D eigenvalue weighted by Gasteiger charge is 2.28. The highest BCUT2D eigenvalue weighted by Crippen LogP contribution is 2.09. The molecule has 0 aliphatic carbocycles. The van der Waals surface area contributed by atoms with Gasteiger partial charge >= 0.3 is 17.9 Å². The molecule has 0 rings (SSSR count). The number of carbonyl (C=O) groups excluding carboxylic acids is 5. The van der Waals surface area contributed by atoms with E-state index < -0.39 is 35.9 Å². The predicted octanol–water partition coefficient (Wildman–Crippen LogP) is 2.18. The summed E-state index contributed by atoms with van der Waals surface area (Å²) in [6.45, 7) is 2.16. The SMILES string of the molecule is CCCCCCCCCC(=O)N[C@@H](CCC(=O)OC)C(=O)N[C@@H](CCC(=O)OC)C(=O)OC. The molecule has 0 aromatic rings. The van der Waals surface area contributed by atoms with E-state index in [4.69, 9.17) is 0 Å². The Balaban J connectivity index is 4.90. The monoisotopic (exact) mass is 472 g/mol. The van der Waals surface area contributed by atoms with E-state index >= 15 is 0 Å². The molecule has 0 aromatic carbocycles. The van der Waals surface area contributed by atoms with Crippen LogP contribution in [-0.4, -0.2) is 63.1 Å². The molecule has 0 fully saturated rings. The number of nitrogens with one attached hydrogen (secondary N) is 2. The molecule has 2 atom stereocenters. The number of esters is 3. The summed E-state index contributed by atoms with van der Waals surface area (Å²) >= 11 is 0. The number of unbranched alkanes of at least 4 members (excludes halogenated alkanes) is 6. The van der Waals surface area contributed by atoms with Crippen LogP contribution in [0.5, 0.6) is 0 Å². The standard InChI is InChI=1S/C23H40N2O8/c1-5-6-7-8-9-10-11-12-19(26)24-17(13-15-20(27)31-2)22(29)25-18(23(30)33-4)14-16-21(28)32-3/h17-18H,5-16H2,1-4H3,(H,24,26)(H,25,29)/t17-,18-/m0/s1. The molecule has 0 aliphatic heterocycles. The molecule has 0 radical (unpaired) electrons. The number of hydrogen-bond acceptors (Lipinski definition) is 8. The number of ether oxygens (including phenoxy) is 3. The Labute approximate surface area is 196 Å². The number of hydrogen-bond donors (Lipinski definition) is 2. The van der Waals surface area contributed by atoms with Gasteiger partial charge in [-0.05, 0) is 19.3 Å². The molecule has 0 heterocycles. The van der Waals surface area contributed by atoms with Gasteiger partial charge in [0.15, 0.2) is 0 Å². The third-order valence-corrected chi connectivity index (χ3v) is 5.19. The summed E-state index contributed by atoms with van der Waals surface area (Å²) in [5.74, 6) is -2.74. The first-order chi connectivity index (χ1) is 15.8. The molecule has 0 aromatic heterocycles. The highest BCUT2D eigenvalue weighted by molar-refractivity contribution is 5.91. The van der Waals surface area contributed by atoms with Crippen molar-refractivity contribution in [1.82, 2.24) is 10.6 Å². The Hall–Kier alpha value is -2.65. The third kappa shape index (κ3) is 14.9. The molecule has 0 unspecified atom stereocenters. The molecule has 0 saturated carbocycles. The van der Waals surface area contributed by atoms with Crippen LogP contribution in [0, 0.1) is 0 Å². The lowest BCUT2D eigenvalue weighted by Crippen LogP contribution is -2.52. The van der Waals surface area contributed by atoms with Gasteiger partial charge in [-0.1, -0.05) is 45.4 Å². The zero-order valence-electron chi connectivity index (χ0n) is 20.4. The second kappa shape index (κ2) is 18.9. The van der Waals surface area contributed by atoms with Gasteiger partial charge in [0.05, 0.1) is 21.3 Å². The van der Waals surface area contributed by atoms with Gasteiger partial charge in [0.2, 0.25) is 11.8 Å². The van der Waals surface area contributed by atoms with E-state index in [1.807, 2.05) is 0 Å². The van der Waals surface area contributed by atoms with Crippen molar-refractivity contribution in [2.75, 3.05) is 21.3 Å². The van der Waals surface area contributed by atoms with Crippen molar-refractivity contribution < 1.29 is 38.2 Å². The quantitative estimate of drug-likeness (QED) is 0.176. The summed E-state index contributed by atoms with van der Waals surface area (Å²) in [5.41, 5.74) is 0. The van der Waals surface area contributed by atoms with Gasteiger partial charge in [-0.3, -0.25) is 19.2 Å². The average molecular weight is 473 g/mol. The predicted molar refractivity (Wildman–Crippen MR) is 121 cm³/mol. The first kappa shape index (κ1) is 30.4. The Morgan fingerprint density at radius 3 is 1.67 bits per heavy atom. The Morgan fingerprint density at radius 2 is 1.15 bits per heavy atom. The maximum absolute atomic E-state index is 12.8. The zero-order valence-corrected chi connectivity index (χ0v) is 20.4. The fourth-order valence-electron chi connectivity index (χ4n) is 3.17. The minimum atomic E-state index is -1.10. The third-order valence-electron chi connectivity index (χ3n) is 5.19. The van der Waals surface area contributed by atoms with Gasteiger partial charge in [-0.25, -0.2) is 4.79 Å². The fourth-order valence-corrected chi connectivity index (χ4v) is 3.17. The Morgan fingerprint density at radius 1 is 0.636 bits per heavy atom. The van der Waals surface area contributed by atoms with Crippen LogP contribution >= 0.6 is 0 Å². The van der Waals surface area contributed by atoms with Crippen molar-refractivity contribution in [3.63, 3.8) is 0 Å². The maximum atomic E-state index is 12.8. The molecule has 2 amide bonds. The van der Waals surface area contributed by atoms with Gasteiger partial charge < -0.3 is 24.8 Å². The maximum Gasteiger partial charge on any atom is 0.328 e. The average Bonchev–Trinajstić information content (AvgIpc) is 2.82. The Bertz CT molecular complexity index is 624. The van der Waals surface area contributed by atoms with E-state index in [0.29, 0.717) is 6.42 Å². The van der Waals surface area contributed by atoms with Crippen molar-refractivity contribution in [1.29, 1.82) is 0 Å². The van der Waals surface area contributed by atoms with Crippen LogP contribution < -0.4 is 10.6 Å². The van der Waals surface area contributed by atoms with Crippen molar-refractivity contribution in [2.24, 2.45) is 0 Å². The van der Waals surface area contributed by atoms with Gasteiger partial charge in [-0.15, -0.1) is 0 Å². The first-order valence-corrected chi connectivity index (χ1v) is 11.6. The van der Waals surface area contributed by atoms with E-state index in [2.05, 4.69) is 31.8 Å². The largest absolute Gasteiger partial charge is 0.469 e. The van der Waals surface area contributed by atoms with E-state index in [1.54, 1.807) is 0 Å². The van der Waals surface area contributed by atoms with Crippen LogP contribution in [0.4, 0.5) is 0 Å². The first-order valence-electron chi connectivity index (χ1n) is 11.6. The van der Waals surface area contributed by atoms with Gasteiger partial charge in [-0.2, -0.15) is 0 Å². The minimum absolute atomic E-state index is 0.00611. The lowest BCUT2D eigenvalue weighted by atomic mass is 10.1. The molecule has 0 saturated heterocycles. The van der Waals surface area contributed by atoms with Crippen LogP contribution in [0.2, 0.25) is 0 Å². The summed E-state index contributed by atoms with van der Waals surface area (Å²) in [4.78, 5) is 60.1. The second-order valence-corrected chi connectivity index (χ2v) is 7.81. The molecule has 0 aliphatic rings. The van der Waals surface area contributed by atoms with Crippen molar-refractivity contribution in [2.45, 2.75) is 96.1 Å². The van der Waals surface area contributed by atoms with E-state index in [9.17, 15) is 24.0 Å². The van der Waals surface area contributed by atoms with Crippen LogP contribution in [0.1, 0.15) is 84.0 Å².